The highest BCUT2D eigenvalue weighted by molar-refractivity contribution is 9.08. The first-order valence-electron chi connectivity index (χ1n) is 6.16. The van der Waals surface area contributed by atoms with Crippen molar-refractivity contribution in [2.24, 2.45) is 0 Å². The molecule has 0 amide bonds. The lowest BCUT2D eigenvalue weighted by molar-refractivity contribution is -0.00524. The van der Waals surface area contributed by atoms with Crippen LogP contribution in [0.1, 0.15) is 25.0 Å². The predicted octanol–water partition coefficient (Wildman–Crippen LogP) is 3.50. The zero-order valence-corrected chi connectivity index (χ0v) is 12.3. The molecule has 17 heavy (non-hydrogen) atoms. The van der Waals surface area contributed by atoms with Gasteiger partial charge in [0.25, 0.3) is 0 Å². The van der Waals surface area contributed by atoms with Gasteiger partial charge in [-0.2, -0.15) is 0 Å². The first-order valence-corrected chi connectivity index (χ1v) is 7.28. The van der Waals surface area contributed by atoms with E-state index in [0.717, 1.165) is 18.4 Å². The van der Waals surface area contributed by atoms with E-state index in [4.69, 9.17) is 4.74 Å². The molecule has 0 radical (unpaired) electrons. The highest BCUT2D eigenvalue weighted by Crippen LogP contribution is 2.27. The minimum Gasteiger partial charge on any atom is -0.372 e. The van der Waals surface area contributed by atoms with Crippen molar-refractivity contribution in [2.45, 2.75) is 38.3 Å². The predicted molar refractivity (Wildman–Crippen MR) is 76.0 cm³/mol. The molecule has 0 aliphatic carbocycles. The molecule has 2 atom stereocenters. The van der Waals surface area contributed by atoms with Crippen LogP contribution in [0.4, 0.5) is 5.69 Å². The third-order valence-corrected chi connectivity index (χ3v) is 3.74. The summed E-state index contributed by atoms with van der Waals surface area (Å²) in [7, 11) is 0. The van der Waals surface area contributed by atoms with Crippen LogP contribution in [0.15, 0.2) is 18.2 Å². The van der Waals surface area contributed by atoms with E-state index in [1.54, 1.807) is 0 Å². The molecule has 0 bridgehead atoms. The van der Waals surface area contributed by atoms with Crippen LogP contribution in [0.3, 0.4) is 0 Å². The minimum atomic E-state index is 0.309. The summed E-state index contributed by atoms with van der Waals surface area (Å²) in [5.74, 6) is 0. The maximum atomic E-state index is 5.78. The Kier molecular flexibility index (Phi) is 4.10. The minimum absolute atomic E-state index is 0.309. The van der Waals surface area contributed by atoms with Gasteiger partial charge in [-0.25, -0.2) is 0 Å². The van der Waals surface area contributed by atoms with E-state index in [1.165, 1.54) is 16.8 Å². The summed E-state index contributed by atoms with van der Waals surface area (Å²) in [5, 5.41) is 0.907. The maximum Gasteiger partial charge on any atom is 0.0726 e. The lowest BCUT2D eigenvalue weighted by Crippen LogP contribution is -2.45. The number of alkyl halides is 1. The number of rotatable bonds is 2. The smallest absolute Gasteiger partial charge is 0.0726 e. The first-order chi connectivity index (χ1) is 8.10. The van der Waals surface area contributed by atoms with Gasteiger partial charge in [0.15, 0.2) is 0 Å². The van der Waals surface area contributed by atoms with Crippen LogP contribution >= 0.6 is 15.9 Å². The number of ether oxygens (including phenoxy) is 1. The number of hydrogen-bond acceptors (Lipinski definition) is 2. The van der Waals surface area contributed by atoms with E-state index in [2.05, 4.69) is 59.8 Å². The molecule has 1 heterocycles. The van der Waals surface area contributed by atoms with Crippen molar-refractivity contribution >= 4 is 21.6 Å². The summed E-state index contributed by atoms with van der Waals surface area (Å²) in [6, 6.07) is 6.68. The third kappa shape index (κ3) is 3.02. The second-order valence-corrected chi connectivity index (χ2v) is 5.49. The van der Waals surface area contributed by atoms with Crippen molar-refractivity contribution in [1.29, 1.82) is 0 Å². The summed E-state index contributed by atoms with van der Waals surface area (Å²) < 4.78 is 5.78. The molecule has 0 aromatic heterocycles. The SMILES string of the molecule is Cc1ccc(N2CC(C)OC(C)C2)c(CBr)c1. The van der Waals surface area contributed by atoms with Gasteiger partial charge in [0.1, 0.15) is 0 Å². The van der Waals surface area contributed by atoms with Crippen molar-refractivity contribution in [3.8, 4) is 0 Å². The number of aryl methyl sites for hydroxylation is 1. The van der Waals surface area contributed by atoms with Gasteiger partial charge in [-0.3, -0.25) is 0 Å². The Morgan fingerprint density at radius 2 is 1.94 bits per heavy atom. The van der Waals surface area contributed by atoms with E-state index < -0.39 is 0 Å². The average Bonchev–Trinajstić information content (AvgIpc) is 2.27. The van der Waals surface area contributed by atoms with Crippen molar-refractivity contribution in [3.05, 3.63) is 29.3 Å². The molecule has 2 nitrogen and oxygen atoms in total. The number of anilines is 1. The number of nitrogens with zero attached hydrogens (tertiary/aromatic N) is 1. The summed E-state index contributed by atoms with van der Waals surface area (Å²) in [6.07, 6.45) is 0.617. The van der Waals surface area contributed by atoms with Crippen molar-refractivity contribution < 1.29 is 4.74 Å². The van der Waals surface area contributed by atoms with Gasteiger partial charge in [-0.15, -0.1) is 0 Å². The van der Waals surface area contributed by atoms with Crippen LogP contribution in [0.2, 0.25) is 0 Å². The van der Waals surface area contributed by atoms with E-state index in [1.807, 2.05) is 0 Å². The van der Waals surface area contributed by atoms with Crippen molar-refractivity contribution in [2.75, 3.05) is 18.0 Å². The van der Waals surface area contributed by atoms with E-state index in [0.29, 0.717) is 12.2 Å². The zero-order valence-electron chi connectivity index (χ0n) is 10.7. The molecule has 0 N–H and O–H groups in total. The largest absolute Gasteiger partial charge is 0.372 e. The van der Waals surface area contributed by atoms with Crippen LogP contribution in [0, 0.1) is 6.92 Å². The van der Waals surface area contributed by atoms with Crippen LogP contribution in [0.5, 0.6) is 0 Å². The van der Waals surface area contributed by atoms with Crippen molar-refractivity contribution in [3.63, 3.8) is 0 Å². The Morgan fingerprint density at radius 1 is 1.29 bits per heavy atom. The molecule has 3 heteroatoms. The highest BCUT2D eigenvalue weighted by atomic mass is 79.9. The molecule has 94 valence electrons. The Hall–Kier alpha value is -0.540. The maximum absolute atomic E-state index is 5.78. The number of halogens is 1. The van der Waals surface area contributed by atoms with Crippen LogP contribution in [-0.4, -0.2) is 25.3 Å². The molecule has 0 spiro atoms. The van der Waals surface area contributed by atoms with E-state index in [-0.39, 0.29) is 0 Å². The summed E-state index contributed by atoms with van der Waals surface area (Å²) in [5.41, 5.74) is 4.03. The summed E-state index contributed by atoms with van der Waals surface area (Å²) in [4.78, 5) is 2.44. The second kappa shape index (κ2) is 5.40. The third-order valence-electron chi connectivity index (χ3n) is 3.14. The van der Waals surface area contributed by atoms with Crippen LogP contribution in [-0.2, 0) is 10.1 Å². The zero-order chi connectivity index (χ0) is 12.4. The van der Waals surface area contributed by atoms with Crippen LogP contribution in [0.25, 0.3) is 0 Å². The van der Waals surface area contributed by atoms with Gasteiger partial charge >= 0.3 is 0 Å². The van der Waals surface area contributed by atoms with E-state index in [9.17, 15) is 0 Å². The number of benzene rings is 1. The summed E-state index contributed by atoms with van der Waals surface area (Å²) in [6.45, 7) is 8.39. The number of morpholine rings is 1. The molecule has 1 aromatic rings. The quantitative estimate of drug-likeness (QED) is 0.775. The Morgan fingerprint density at radius 3 is 2.53 bits per heavy atom. The molecule has 1 saturated heterocycles. The van der Waals surface area contributed by atoms with Crippen LogP contribution < -0.4 is 4.90 Å². The monoisotopic (exact) mass is 297 g/mol. The second-order valence-electron chi connectivity index (χ2n) is 4.93. The molecule has 2 unspecified atom stereocenters. The Bertz CT molecular complexity index is 384. The molecule has 2 rings (SSSR count). The Labute approximate surface area is 112 Å². The Balaban J connectivity index is 2.26. The fraction of sp³-hybridized carbons (Fsp3) is 0.571. The van der Waals surface area contributed by atoms with Gasteiger partial charge in [0.2, 0.25) is 0 Å². The van der Waals surface area contributed by atoms with E-state index >= 15 is 0 Å². The molecular weight excluding hydrogens is 278 g/mol. The fourth-order valence-corrected chi connectivity index (χ4v) is 2.95. The summed E-state index contributed by atoms with van der Waals surface area (Å²) >= 11 is 3.58. The van der Waals surface area contributed by atoms with Gasteiger partial charge in [-0.1, -0.05) is 33.6 Å². The molecule has 1 aromatic carbocycles. The molecule has 1 fully saturated rings. The average molecular weight is 298 g/mol. The lowest BCUT2D eigenvalue weighted by atomic mass is 10.1. The van der Waals surface area contributed by atoms with Gasteiger partial charge < -0.3 is 9.64 Å². The molecule has 1 aliphatic rings. The lowest BCUT2D eigenvalue weighted by Gasteiger charge is -2.37. The molecule has 1 aliphatic heterocycles. The van der Waals surface area contributed by atoms with Gasteiger partial charge in [0.05, 0.1) is 12.2 Å². The van der Waals surface area contributed by atoms with Gasteiger partial charge in [-0.05, 0) is 32.4 Å². The molecular formula is C14H20BrNO. The fourth-order valence-electron chi connectivity index (χ4n) is 2.50. The normalized spacial score (nSPS) is 25.1. The molecule has 0 saturated carbocycles. The number of hydrogen-bond donors (Lipinski definition) is 0. The van der Waals surface area contributed by atoms with Crippen molar-refractivity contribution in [1.82, 2.24) is 0 Å². The standard InChI is InChI=1S/C14H20BrNO/c1-10-4-5-14(13(6-10)7-15)16-8-11(2)17-12(3)9-16/h4-6,11-12H,7-9H2,1-3H3. The topological polar surface area (TPSA) is 12.5 Å². The van der Waals surface area contributed by atoms with Gasteiger partial charge in [0, 0.05) is 24.1 Å². The highest BCUT2D eigenvalue weighted by Gasteiger charge is 2.23. The first kappa shape index (κ1) is 12.9.